The number of rotatable bonds is 12. The van der Waals surface area contributed by atoms with Crippen molar-refractivity contribution in [1.82, 2.24) is 5.32 Å². The summed E-state index contributed by atoms with van der Waals surface area (Å²) >= 11 is 0. The van der Waals surface area contributed by atoms with Crippen molar-refractivity contribution in [1.29, 1.82) is 0 Å². The highest BCUT2D eigenvalue weighted by Gasteiger charge is 2.44. The molecule has 1 amide bonds. The molecule has 1 aliphatic heterocycles. The van der Waals surface area contributed by atoms with Crippen LogP contribution in [0.3, 0.4) is 0 Å². The van der Waals surface area contributed by atoms with Crippen LogP contribution < -0.4 is 5.32 Å². The minimum Gasteiger partial charge on any atom is -0.456 e. The summed E-state index contributed by atoms with van der Waals surface area (Å²) in [5.41, 5.74) is 3.80. The average Bonchev–Trinajstić information content (AvgIpc) is 3.45. The quantitative estimate of drug-likeness (QED) is 0.202. The van der Waals surface area contributed by atoms with Crippen LogP contribution in [0.15, 0.2) is 126 Å². The van der Waals surface area contributed by atoms with Crippen LogP contribution >= 0.6 is 0 Å². The van der Waals surface area contributed by atoms with Crippen LogP contribution in [0.2, 0.25) is 0 Å². The van der Waals surface area contributed by atoms with Crippen molar-refractivity contribution >= 4 is 18.1 Å². The van der Waals surface area contributed by atoms with Crippen LogP contribution in [0.4, 0.5) is 4.79 Å². The number of hydrogen-bond acceptors (Lipinski definition) is 7. The molecule has 0 saturated carbocycles. The lowest BCUT2D eigenvalue weighted by Gasteiger charge is -2.33. The SMILES string of the molecule is CC(=O)O[C@@H]([C@H]1OC(OCc2ccccc2)=N[C@H]1Cc1ccccc1)[C@H](Cc1ccccc1)NC(=O)OCc1ccccc1. The van der Waals surface area contributed by atoms with E-state index in [-0.39, 0.29) is 19.3 Å². The number of esters is 1. The molecule has 0 saturated heterocycles. The number of nitrogens with one attached hydrogen (secondary N) is 1. The maximum absolute atomic E-state index is 13.2. The smallest absolute Gasteiger partial charge is 0.407 e. The van der Waals surface area contributed by atoms with Gasteiger partial charge in [-0.15, -0.1) is 0 Å². The second-order valence-corrected chi connectivity index (χ2v) is 10.6. The number of hydrogen-bond donors (Lipinski definition) is 1. The Hall–Kier alpha value is -5.11. The van der Waals surface area contributed by atoms with E-state index < -0.39 is 36.4 Å². The number of carbonyl (C=O) groups is 2. The third-order valence-corrected chi connectivity index (χ3v) is 7.22. The van der Waals surface area contributed by atoms with E-state index in [1.807, 2.05) is 121 Å². The number of alkyl carbamates (subject to hydrolysis) is 1. The van der Waals surface area contributed by atoms with E-state index in [0.29, 0.717) is 12.8 Å². The van der Waals surface area contributed by atoms with E-state index in [4.69, 9.17) is 23.9 Å². The standard InChI is InChI=1S/C36H36N2O6/c1-26(39)43-33(31(22-27-14-6-2-7-15-27)37-35(40)41-24-29-18-10-4-11-19-29)34-32(23-28-16-8-3-9-17-28)38-36(44-34)42-25-30-20-12-5-13-21-30/h2-21,31-34H,22-25H2,1H3,(H,37,40)/t31-,32-,33+,34-/m0/s1. The van der Waals surface area contributed by atoms with E-state index in [1.165, 1.54) is 6.92 Å². The van der Waals surface area contributed by atoms with Crippen molar-refractivity contribution in [3.8, 4) is 0 Å². The fraction of sp³-hybridized carbons (Fsp3) is 0.250. The van der Waals surface area contributed by atoms with E-state index in [9.17, 15) is 9.59 Å². The van der Waals surface area contributed by atoms with Crippen molar-refractivity contribution in [3.05, 3.63) is 144 Å². The minimum absolute atomic E-state index is 0.0973. The molecule has 0 aliphatic carbocycles. The topological polar surface area (TPSA) is 95.5 Å². The first-order chi connectivity index (χ1) is 21.5. The minimum atomic E-state index is -0.910. The molecule has 0 aromatic heterocycles. The normalized spacial score (nSPS) is 17.0. The second-order valence-electron chi connectivity index (χ2n) is 10.6. The first kappa shape index (κ1) is 30.4. The van der Waals surface area contributed by atoms with Gasteiger partial charge in [-0.3, -0.25) is 4.79 Å². The van der Waals surface area contributed by atoms with Gasteiger partial charge >= 0.3 is 18.1 Å². The molecule has 0 bridgehead atoms. The molecule has 8 heteroatoms. The maximum atomic E-state index is 13.2. The van der Waals surface area contributed by atoms with Crippen molar-refractivity contribution in [2.45, 2.75) is 57.3 Å². The molecular formula is C36H36N2O6. The van der Waals surface area contributed by atoms with E-state index in [0.717, 1.165) is 22.3 Å². The maximum Gasteiger partial charge on any atom is 0.407 e. The average molecular weight is 593 g/mol. The second kappa shape index (κ2) is 15.4. The zero-order valence-corrected chi connectivity index (χ0v) is 24.6. The molecular weight excluding hydrogens is 556 g/mol. The van der Waals surface area contributed by atoms with Gasteiger partial charge < -0.3 is 24.3 Å². The Kier molecular flexibility index (Phi) is 10.6. The van der Waals surface area contributed by atoms with Crippen molar-refractivity contribution in [3.63, 3.8) is 0 Å². The monoisotopic (exact) mass is 592 g/mol. The van der Waals surface area contributed by atoms with Gasteiger partial charge in [0.15, 0.2) is 12.2 Å². The zero-order valence-electron chi connectivity index (χ0n) is 24.6. The van der Waals surface area contributed by atoms with E-state index in [1.54, 1.807) is 0 Å². The lowest BCUT2D eigenvalue weighted by Crippen LogP contribution is -2.54. The summed E-state index contributed by atoms with van der Waals surface area (Å²) < 4.78 is 23.8. The van der Waals surface area contributed by atoms with Gasteiger partial charge in [-0.1, -0.05) is 121 Å². The fourth-order valence-electron chi connectivity index (χ4n) is 5.13. The summed E-state index contributed by atoms with van der Waals surface area (Å²) in [7, 11) is 0. The first-order valence-corrected chi connectivity index (χ1v) is 14.7. The summed E-state index contributed by atoms with van der Waals surface area (Å²) in [6.45, 7) is 1.70. The highest BCUT2D eigenvalue weighted by molar-refractivity contribution is 5.71. The van der Waals surface area contributed by atoms with Crippen molar-refractivity contribution < 1.29 is 28.5 Å². The predicted octanol–water partition coefficient (Wildman–Crippen LogP) is 6.04. The number of nitrogens with zero attached hydrogens (tertiary/aromatic N) is 1. The van der Waals surface area contributed by atoms with Gasteiger partial charge in [0.05, 0.1) is 6.04 Å². The molecule has 1 N–H and O–H groups in total. The molecule has 0 unspecified atom stereocenters. The molecule has 1 heterocycles. The highest BCUT2D eigenvalue weighted by atomic mass is 16.7. The molecule has 8 nitrogen and oxygen atoms in total. The van der Waals surface area contributed by atoms with E-state index >= 15 is 0 Å². The fourth-order valence-corrected chi connectivity index (χ4v) is 5.13. The van der Waals surface area contributed by atoms with Crippen LogP contribution in [0.25, 0.3) is 0 Å². The Morgan fingerprint density at radius 2 is 1.27 bits per heavy atom. The number of aliphatic imine (C=N–C) groups is 1. The molecule has 0 fully saturated rings. The Morgan fingerprint density at radius 3 is 1.84 bits per heavy atom. The Balaban J connectivity index is 1.40. The number of ether oxygens (including phenoxy) is 4. The van der Waals surface area contributed by atoms with Crippen LogP contribution in [-0.4, -0.2) is 42.4 Å². The Bertz CT molecular complexity index is 1500. The molecule has 0 radical (unpaired) electrons. The molecule has 1 aliphatic rings. The number of amides is 1. The third-order valence-electron chi connectivity index (χ3n) is 7.22. The van der Waals surface area contributed by atoms with Gasteiger partial charge in [0.1, 0.15) is 19.3 Å². The van der Waals surface area contributed by atoms with Crippen LogP contribution in [0.5, 0.6) is 0 Å². The van der Waals surface area contributed by atoms with Gasteiger partial charge in [-0.25, -0.2) is 9.79 Å². The molecule has 44 heavy (non-hydrogen) atoms. The third kappa shape index (κ3) is 8.94. The summed E-state index contributed by atoms with van der Waals surface area (Å²) in [6, 6.07) is 37.6. The van der Waals surface area contributed by atoms with Gasteiger partial charge in [0, 0.05) is 6.92 Å². The molecule has 4 aromatic rings. The predicted molar refractivity (Wildman–Crippen MR) is 167 cm³/mol. The molecule has 226 valence electrons. The molecule has 4 aromatic carbocycles. The largest absolute Gasteiger partial charge is 0.456 e. The molecule has 0 spiro atoms. The summed E-state index contributed by atoms with van der Waals surface area (Å²) in [5.74, 6) is -0.506. The molecule has 4 atom stereocenters. The van der Waals surface area contributed by atoms with E-state index in [2.05, 4.69) is 5.32 Å². The van der Waals surface area contributed by atoms with Crippen molar-refractivity contribution in [2.24, 2.45) is 4.99 Å². The summed E-state index contributed by atoms with van der Waals surface area (Å²) in [6.07, 6.45) is -1.30. The molecule has 5 rings (SSSR count). The number of carbonyl (C=O) groups excluding carboxylic acids is 2. The van der Waals surface area contributed by atoms with Crippen LogP contribution in [-0.2, 0) is 49.8 Å². The first-order valence-electron chi connectivity index (χ1n) is 14.7. The van der Waals surface area contributed by atoms with Gasteiger partial charge in [0.2, 0.25) is 0 Å². The number of benzene rings is 4. The summed E-state index contributed by atoms with van der Waals surface area (Å²) in [4.78, 5) is 30.5. The van der Waals surface area contributed by atoms with Gasteiger partial charge in [-0.2, -0.15) is 0 Å². The zero-order chi connectivity index (χ0) is 30.6. The highest BCUT2D eigenvalue weighted by Crippen LogP contribution is 2.27. The van der Waals surface area contributed by atoms with Crippen LogP contribution in [0, 0.1) is 0 Å². The summed E-state index contributed by atoms with van der Waals surface area (Å²) in [5, 5.41) is 2.97. The van der Waals surface area contributed by atoms with Gasteiger partial charge in [0.25, 0.3) is 0 Å². The van der Waals surface area contributed by atoms with Crippen molar-refractivity contribution in [2.75, 3.05) is 0 Å². The lowest BCUT2D eigenvalue weighted by molar-refractivity contribution is -0.154. The van der Waals surface area contributed by atoms with Crippen LogP contribution in [0.1, 0.15) is 29.2 Å². The Morgan fingerprint density at radius 1 is 0.750 bits per heavy atom. The van der Waals surface area contributed by atoms with Gasteiger partial charge in [-0.05, 0) is 35.1 Å². The lowest BCUT2D eigenvalue weighted by atomic mass is 9.91. The Labute approximate surface area is 257 Å².